The number of nitrogens with two attached hydrogens (primary N) is 1. The Hall–Kier alpha value is -1.33. The lowest BCUT2D eigenvalue weighted by Gasteiger charge is -2.01. The molecule has 84 valence electrons. The van der Waals surface area contributed by atoms with Crippen molar-refractivity contribution in [2.45, 2.75) is 19.4 Å². The second-order valence-electron chi connectivity index (χ2n) is 3.16. The van der Waals surface area contributed by atoms with Crippen LogP contribution in [0.15, 0.2) is 16.5 Å². The molecule has 1 aromatic heterocycles. The van der Waals surface area contributed by atoms with Crippen LogP contribution in [0.3, 0.4) is 0 Å². The van der Waals surface area contributed by atoms with Crippen LogP contribution < -0.4 is 11.1 Å². The van der Waals surface area contributed by atoms with Crippen LogP contribution in [-0.4, -0.2) is 24.2 Å². The second-order valence-corrected chi connectivity index (χ2v) is 3.16. The summed E-state index contributed by atoms with van der Waals surface area (Å²) < 4.78 is 5.17. The van der Waals surface area contributed by atoms with Gasteiger partial charge in [0.25, 0.3) is 5.91 Å². The molecule has 5 nitrogen and oxygen atoms in total. The Morgan fingerprint density at radius 2 is 2.27 bits per heavy atom. The first-order valence-electron chi connectivity index (χ1n) is 4.95. The molecule has 1 aromatic rings. The molecule has 0 atom stereocenters. The Morgan fingerprint density at radius 1 is 1.47 bits per heavy atom. The van der Waals surface area contributed by atoms with Gasteiger partial charge >= 0.3 is 0 Å². The Labute approximate surface area is 88.3 Å². The first kappa shape index (κ1) is 11.7. The fraction of sp³-hybridized carbons (Fsp3) is 0.500. The van der Waals surface area contributed by atoms with Crippen LogP contribution >= 0.6 is 0 Å². The number of carbonyl (C=O) groups excluding carboxylic acids is 1. The number of carbonyl (C=O) groups is 1. The maximum atomic E-state index is 11.4. The fourth-order valence-corrected chi connectivity index (χ4v) is 1.14. The molecule has 0 saturated heterocycles. The van der Waals surface area contributed by atoms with Crippen molar-refractivity contribution >= 4 is 5.91 Å². The lowest BCUT2D eigenvalue weighted by molar-refractivity contribution is 0.0922. The molecule has 0 bridgehead atoms. The molecular formula is C10H16N2O3. The van der Waals surface area contributed by atoms with E-state index in [0.717, 1.165) is 6.42 Å². The van der Waals surface area contributed by atoms with E-state index < -0.39 is 0 Å². The number of furan rings is 1. The van der Waals surface area contributed by atoms with Gasteiger partial charge in [0.2, 0.25) is 0 Å². The summed E-state index contributed by atoms with van der Waals surface area (Å²) in [7, 11) is 0. The number of aliphatic hydroxyl groups excluding tert-OH is 1. The van der Waals surface area contributed by atoms with E-state index in [2.05, 4.69) is 5.32 Å². The summed E-state index contributed by atoms with van der Waals surface area (Å²) >= 11 is 0. The minimum Gasteiger partial charge on any atom is -0.455 e. The van der Waals surface area contributed by atoms with Gasteiger partial charge in [-0.3, -0.25) is 4.79 Å². The molecular weight excluding hydrogens is 196 g/mol. The summed E-state index contributed by atoms with van der Waals surface area (Å²) in [4.78, 5) is 11.4. The summed E-state index contributed by atoms with van der Waals surface area (Å²) in [6.45, 7) is 0.976. The Bertz CT molecular complexity index is 309. The number of amides is 1. The van der Waals surface area contributed by atoms with Gasteiger partial charge in [-0.25, -0.2) is 0 Å². The molecule has 0 aromatic carbocycles. The number of hydrogen-bond donors (Lipinski definition) is 3. The van der Waals surface area contributed by atoms with Gasteiger partial charge in [0.1, 0.15) is 5.76 Å². The normalized spacial score (nSPS) is 10.3. The van der Waals surface area contributed by atoms with Crippen LogP contribution in [0.5, 0.6) is 0 Å². The van der Waals surface area contributed by atoms with E-state index in [9.17, 15) is 4.79 Å². The molecule has 0 aliphatic carbocycles. The van der Waals surface area contributed by atoms with Crippen molar-refractivity contribution < 1.29 is 14.3 Å². The largest absolute Gasteiger partial charge is 0.455 e. The predicted octanol–water partition coefficient (Wildman–Crippen LogP) is 0.241. The Morgan fingerprint density at radius 3 is 2.87 bits per heavy atom. The second kappa shape index (κ2) is 6.21. The molecule has 1 rings (SSSR count). The lowest BCUT2D eigenvalue weighted by Crippen LogP contribution is -2.24. The molecule has 0 fully saturated rings. The molecule has 0 spiro atoms. The molecule has 1 amide bonds. The number of nitrogens with one attached hydrogen (secondary N) is 1. The van der Waals surface area contributed by atoms with Crippen LogP contribution in [0.2, 0.25) is 0 Å². The van der Waals surface area contributed by atoms with Gasteiger partial charge in [0.05, 0.1) is 6.54 Å². The molecule has 15 heavy (non-hydrogen) atoms. The first-order valence-corrected chi connectivity index (χ1v) is 4.95. The van der Waals surface area contributed by atoms with Crippen molar-refractivity contribution in [1.82, 2.24) is 5.32 Å². The molecule has 0 aliphatic heterocycles. The van der Waals surface area contributed by atoms with Gasteiger partial charge in [0.15, 0.2) is 5.76 Å². The molecule has 4 N–H and O–H groups in total. The van der Waals surface area contributed by atoms with E-state index >= 15 is 0 Å². The third kappa shape index (κ3) is 3.73. The highest BCUT2D eigenvalue weighted by molar-refractivity contribution is 5.91. The SMILES string of the molecule is NCc1ccc(C(=O)NCCCCO)o1. The minimum absolute atomic E-state index is 0.147. The monoisotopic (exact) mass is 212 g/mol. The van der Waals surface area contributed by atoms with Gasteiger partial charge in [-0.2, -0.15) is 0 Å². The highest BCUT2D eigenvalue weighted by atomic mass is 16.4. The summed E-state index contributed by atoms with van der Waals surface area (Å²) in [5.41, 5.74) is 5.35. The third-order valence-electron chi connectivity index (χ3n) is 1.96. The van der Waals surface area contributed by atoms with Crippen molar-refractivity contribution in [2.75, 3.05) is 13.2 Å². The zero-order valence-electron chi connectivity index (χ0n) is 8.53. The summed E-state index contributed by atoms with van der Waals surface area (Å²) in [5.74, 6) is 0.627. The van der Waals surface area contributed by atoms with Gasteiger partial charge < -0.3 is 20.6 Å². The lowest BCUT2D eigenvalue weighted by atomic mass is 10.3. The van der Waals surface area contributed by atoms with Gasteiger partial charge in [-0.15, -0.1) is 0 Å². The van der Waals surface area contributed by atoms with Crippen LogP contribution in [-0.2, 0) is 6.54 Å². The quantitative estimate of drug-likeness (QED) is 0.589. The van der Waals surface area contributed by atoms with Crippen LogP contribution in [0.25, 0.3) is 0 Å². The van der Waals surface area contributed by atoms with E-state index in [4.69, 9.17) is 15.3 Å². The van der Waals surface area contributed by atoms with E-state index in [0.29, 0.717) is 18.7 Å². The molecule has 0 unspecified atom stereocenters. The zero-order valence-corrected chi connectivity index (χ0v) is 8.53. The first-order chi connectivity index (χ1) is 7.27. The van der Waals surface area contributed by atoms with E-state index in [1.54, 1.807) is 12.1 Å². The highest BCUT2D eigenvalue weighted by Gasteiger charge is 2.09. The summed E-state index contributed by atoms with van der Waals surface area (Å²) in [6.07, 6.45) is 1.44. The van der Waals surface area contributed by atoms with Crippen LogP contribution in [0, 0.1) is 0 Å². The minimum atomic E-state index is -0.243. The number of rotatable bonds is 6. The van der Waals surface area contributed by atoms with E-state index in [1.165, 1.54) is 0 Å². The summed E-state index contributed by atoms with van der Waals surface area (Å²) in [6, 6.07) is 3.28. The third-order valence-corrected chi connectivity index (χ3v) is 1.96. The Kier molecular flexibility index (Phi) is 4.86. The topological polar surface area (TPSA) is 88.5 Å². The highest BCUT2D eigenvalue weighted by Crippen LogP contribution is 2.06. The molecule has 5 heteroatoms. The standard InChI is InChI=1S/C10H16N2O3/c11-7-8-3-4-9(15-8)10(14)12-5-1-2-6-13/h3-4,13H,1-2,5-7,11H2,(H,12,14). The van der Waals surface area contributed by atoms with Crippen molar-refractivity contribution in [2.24, 2.45) is 5.73 Å². The maximum absolute atomic E-state index is 11.4. The van der Waals surface area contributed by atoms with E-state index in [-0.39, 0.29) is 24.8 Å². The zero-order chi connectivity index (χ0) is 11.1. The van der Waals surface area contributed by atoms with Crippen molar-refractivity contribution in [3.05, 3.63) is 23.7 Å². The van der Waals surface area contributed by atoms with Gasteiger partial charge in [-0.1, -0.05) is 0 Å². The molecule has 0 radical (unpaired) electrons. The average Bonchev–Trinajstić information content (AvgIpc) is 2.72. The van der Waals surface area contributed by atoms with Gasteiger partial charge in [0, 0.05) is 13.2 Å². The fourth-order valence-electron chi connectivity index (χ4n) is 1.14. The van der Waals surface area contributed by atoms with E-state index in [1.807, 2.05) is 0 Å². The van der Waals surface area contributed by atoms with Crippen molar-refractivity contribution in [1.29, 1.82) is 0 Å². The summed E-state index contributed by atoms with van der Waals surface area (Å²) in [5, 5.41) is 11.2. The van der Waals surface area contributed by atoms with Crippen LogP contribution in [0.4, 0.5) is 0 Å². The molecule has 0 aliphatic rings. The smallest absolute Gasteiger partial charge is 0.286 e. The number of unbranched alkanes of at least 4 members (excludes halogenated alkanes) is 1. The van der Waals surface area contributed by atoms with Crippen molar-refractivity contribution in [3.63, 3.8) is 0 Å². The Balaban J connectivity index is 2.33. The average molecular weight is 212 g/mol. The molecule has 1 heterocycles. The van der Waals surface area contributed by atoms with Crippen molar-refractivity contribution in [3.8, 4) is 0 Å². The number of hydrogen-bond acceptors (Lipinski definition) is 4. The molecule has 0 saturated carbocycles. The maximum Gasteiger partial charge on any atom is 0.286 e. The predicted molar refractivity (Wildman–Crippen MR) is 55.3 cm³/mol. The number of aliphatic hydroxyl groups is 1. The van der Waals surface area contributed by atoms with Gasteiger partial charge in [-0.05, 0) is 25.0 Å². The van der Waals surface area contributed by atoms with Crippen LogP contribution in [0.1, 0.15) is 29.2 Å².